The van der Waals surface area contributed by atoms with Gasteiger partial charge in [-0.3, -0.25) is 14.4 Å². The second-order valence-corrected chi connectivity index (χ2v) is 9.89. The maximum absolute atomic E-state index is 13.0. The molecule has 4 atom stereocenters. The molecule has 0 bridgehead atoms. The third-order valence-corrected chi connectivity index (χ3v) is 6.74. The van der Waals surface area contributed by atoms with Gasteiger partial charge < -0.3 is 30.5 Å². The van der Waals surface area contributed by atoms with E-state index in [1.807, 2.05) is 29.2 Å². The van der Waals surface area contributed by atoms with Crippen molar-refractivity contribution in [1.29, 1.82) is 0 Å². The molecule has 9 heteroatoms. The third-order valence-electron chi connectivity index (χ3n) is 6.74. The van der Waals surface area contributed by atoms with E-state index in [9.17, 15) is 9.59 Å². The zero-order chi connectivity index (χ0) is 25.4. The molecule has 2 amide bonds. The highest BCUT2D eigenvalue weighted by Crippen LogP contribution is 2.39. The Bertz CT molecular complexity index is 870. The number of nitrogens with two attached hydrogens (primary N) is 1. The number of carbonyl (C=O) groups is 3. The van der Waals surface area contributed by atoms with E-state index < -0.39 is 5.97 Å². The average Bonchev–Trinajstić information content (AvgIpc) is 3.53. The first-order valence-electron chi connectivity index (χ1n) is 12.5. The first-order chi connectivity index (χ1) is 16.7. The summed E-state index contributed by atoms with van der Waals surface area (Å²) in [6, 6.07) is 7.73. The summed E-state index contributed by atoms with van der Waals surface area (Å²) in [5.74, 6) is 1.61. The third kappa shape index (κ3) is 8.81. The smallest absolute Gasteiger partial charge is 0.300 e. The molecule has 0 spiro atoms. The first kappa shape index (κ1) is 26.9. The number of carboxylic acid groups (broad SMARTS) is 1. The van der Waals surface area contributed by atoms with Gasteiger partial charge in [0.1, 0.15) is 12.4 Å². The minimum atomic E-state index is -0.833. The summed E-state index contributed by atoms with van der Waals surface area (Å²) < 4.78 is 11.8. The molecule has 9 nitrogen and oxygen atoms in total. The van der Waals surface area contributed by atoms with Crippen molar-refractivity contribution in [3.05, 3.63) is 29.8 Å². The monoisotopic (exact) mass is 489 g/mol. The van der Waals surface area contributed by atoms with Crippen molar-refractivity contribution in [3.63, 3.8) is 0 Å². The van der Waals surface area contributed by atoms with Crippen LogP contribution in [0.3, 0.4) is 0 Å². The molecule has 1 saturated heterocycles. The number of hydrogen-bond acceptors (Lipinski definition) is 6. The van der Waals surface area contributed by atoms with Gasteiger partial charge in [0.05, 0.1) is 18.6 Å². The first-order valence-corrected chi connectivity index (χ1v) is 12.5. The molecule has 0 unspecified atom stereocenters. The van der Waals surface area contributed by atoms with Gasteiger partial charge in [-0.15, -0.1) is 0 Å². The van der Waals surface area contributed by atoms with Gasteiger partial charge in [0.15, 0.2) is 0 Å². The van der Waals surface area contributed by atoms with E-state index in [1.165, 1.54) is 12.8 Å². The number of ether oxygens (including phenoxy) is 2. The zero-order valence-corrected chi connectivity index (χ0v) is 20.8. The number of aliphatic carboxylic acids is 1. The fourth-order valence-electron chi connectivity index (χ4n) is 4.97. The van der Waals surface area contributed by atoms with Crippen LogP contribution in [0.5, 0.6) is 5.75 Å². The van der Waals surface area contributed by atoms with Crippen LogP contribution in [0.15, 0.2) is 24.3 Å². The maximum Gasteiger partial charge on any atom is 0.300 e. The number of nitrogens with one attached hydrogen (secondary N) is 1. The molecule has 1 aromatic rings. The fourth-order valence-corrected chi connectivity index (χ4v) is 4.97. The van der Waals surface area contributed by atoms with E-state index in [0.29, 0.717) is 37.3 Å². The van der Waals surface area contributed by atoms with Crippen molar-refractivity contribution in [2.45, 2.75) is 58.1 Å². The largest absolute Gasteiger partial charge is 0.492 e. The van der Waals surface area contributed by atoms with Crippen LogP contribution in [-0.4, -0.2) is 72.8 Å². The van der Waals surface area contributed by atoms with Crippen LogP contribution in [0.2, 0.25) is 0 Å². The van der Waals surface area contributed by atoms with E-state index in [4.69, 9.17) is 25.1 Å². The topological polar surface area (TPSA) is 131 Å². The number of rotatable bonds is 9. The molecule has 35 heavy (non-hydrogen) atoms. The Balaban J connectivity index is 0.000000795. The van der Waals surface area contributed by atoms with Crippen LogP contribution in [0.4, 0.5) is 0 Å². The van der Waals surface area contributed by atoms with Gasteiger partial charge >= 0.3 is 0 Å². The lowest BCUT2D eigenvalue weighted by Gasteiger charge is -2.38. The van der Waals surface area contributed by atoms with E-state index in [-0.39, 0.29) is 24.0 Å². The van der Waals surface area contributed by atoms with Gasteiger partial charge in [0, 0.05) is 40.1 Å². The molecule has 0 radical (unpaired) electrons. The van der Waals surface area contributed by atoms with Gasteiger partial charge in [-0.2, -0.15) is 0 Å². The number of nitrogens with zero attached hydrogens (tertiary/aromatic N) is 1. The van der Waals surface area contributed by atoms with Gasteiger partial charge in [-0.05, 0) is 61.1 Å². The molecule has 2 aliphatic carbocycles. The van der Waals surface area contributed by atoms with Gasteiger partial charge in [0.2, 0.25) is 11.8 Å². The molecule has 1 heterocycles. The Kier molecular flexibility index (Phi) is 9.92. The van der Waals surface area contributed by atoms with E-state index in [2.05, 4.69) is 5.32 Å². The van der Waals surface area contributed by atoms with Crippen molar-refractivity contribution in [2.75, 3.05) is 32.8 Å². The van der Waals surface area contributed by atoms with Crippen LogP contribution < -0.4 is 15.8 Å². The summed E-state index contributed by atoms with van der Waals surface area (Å²) in [5, 5.41) is 10.5. The van der Waals surface area contributed by atoms with Gasteiger partial charge in [-0.1, -0.05) is 12.1 Å². The SMILES string of the molecule is CC(=O)N[C@@H]1C[C@@H]2CN(C(=O)Cc3cccc(OCCN)c3)C[C@@H]2C[C@H]1OCC1CC1.CC(=O)O. The predicted octanol–water partition coefficient (Wildman–Crippen LogP) is 1.83. The predicted molar refractivity (Wildman–Crippen MR) is 131 cm³/mol. The Morgan fingerprint density at radius 3 is 2.46 bits per heavy atom. The lowest BCUT2D eigenvalue weighted by molar-refractivity contribution is -0.134. The Morgan fingerprint density at radius 2 is 1.83 bits per heavy atom. The van der Waals surface area contributed by atoms with Gasteiger partial charge in [-0.25, -0.2) is 0 Å². The average molecular weight is 490 g/mol. The van der Waals surface area contributed by atoms with E-state index in [1.54, 1.807) is 6.92 Å². The summed E-state index contributed by atoms with van der Waals surface area (Å²) in [5.41, 5.74) is 6.45. The van der Waals surface area contributed by atoms with Crippen LogP contribution in [0.25, 0.3) is 0 Å². The van der Waals surface area contributed by atoms with Crippen LogP contribution in [0.1, 0.15) is 45.1 Å². The quantitative estimate of drug-likeness (QED) is 0.482. The lowest BCUT2D eigenvalue weighted by Crippen LogP contribution is -2.50. The minimum absolute atomic E-state index is 0.00821. The Hall–Kier alpha value is -2.65. The van der Waals surface area contributed by atoms with E-state index >= 15 is 0 Å². The lowest BCUT2D eigenvalue weighted by atomic mass is 9.77. The molecule has 194 valence electrons. The second kappa shape index (κ2) is 12.9. The molecule has 2 saturated carbocycles. The van der Waals surface area contributed by atoms with Crippen LogP contribution in [-0.2, 0) is 25.5 Å². The number of likely N-dealkylation sites (tertiary alicyclic amines) is 1. The Labute approximate surface area is 207 Å². The molecular weight excluding hydrogens is 450 g/mol. The molecule has 1 aromatic carbocycles. The second-order valence-electron chi connectivity index (χ2n) is 9.89. The van der Waals surface area contributed by atoms with Crippen LogP contribution >= 0.6 is 0 Å². The molecule has 3 fully saturated rings. The van der Waals surface area contributed by atoms with Crippen LogP contribution in [0, 0.1) is 17.8 Å². The number of carboxylic acids is 1. The number of benzene rings is 1. The molecular formula is C26H39N3O6. The summed E-state index contributed by atoms with van der Waals surface area (Å²) in [6.45, 7) is 5.92. The van der Waals surface area contributed by atoms with Crippen molar-refractivity contribution >= 4 is 17.8 Å². The minimum Gasteiger partial charge on any atom is -0.492 e. The van der Waals surface area contributed by atoms with E-state index in [0.717, 1.165) is 50.8 Å². The molecule has 0 aromatic heterocycles. The zero-order valence-electron chi connectivity index (χ0n) is 20.8. The normalized spacial score (nSPS) is 25.2. The molecule has 1 aliphatic heterocycles. The number of fused-ring (bicyclic) bond motifs is 1. The number of hydrogen-bond donors (Lipinski definition) is 3. The molecule has 3 aliphatic rings. The van der Waals surface area contributed by atoms with Gasteiger partial charge in [0.25, 0.3) is 5.97 Å². The highest BCUT2D eigenvalue weighted by atomic mass is 16.5. The highest BCUT2D eigenvalue weighted by molar-refractivity contribution is 5.79. The summed E-state index contributed by atoms with van der Waals surface area (Å²) in [6.07, 6.45) is 4.72. The van der Waals surface area contributed by atoms with Crippen molar-refractivity contribution < 1.29 is 29.0 Å². The summed E-state index contributed by atoms with van der Waals surface area (Å²) in [4.78, 5) is 35.7. The fraction of sp³-hybridized carbons (Fsp3) is 0.654. The molecule has 4 rings (SSSR count). The number of carbonyl (C=O) groups excluding carboxylic acids is 2. The van der Waals surface area contributed by atoms with Crippen molar-refractivity contribution in [1.82, 2.24) is 10.2 Å². The number of amides is 2. The summed E-state index contributed by atoms with van der Waals surface area (Å²) >= 11 is 0. The van der Waals surface area contributed by atoms with Crippen molar-refractivity contribution in [3.8, 4) is 5.75 Å². The standard InChI is InChI=1S/C24H35N3O4.C2H4O2/c1-16(28)26-22-11-19-13-27(14-20(19)12-23(22)31-15-17-5-6-17)24(29)10-18-3-2-4-21(9-18)30-8-7-25;1-2(3)4/h2-4,9,17,19-20,22-23H,5-8,10-15,25H2,1H3,(H,26,28);1H3,(H,3,4)/t19-,20+,22-,23-;/m1./s1. The van der Waals surface area contributed by atoms with Crippen molar-refractivity contribution in [2.24, 2.45) is 23.5 Å². The summed E-state index contributed by atoms with van der Waals surface area (Å²) in [7, 11) is 0. The Morgan fingerprint density at radius 1 is 1.14 bits per heavy atom. The highest BCUT2D eigenvalue weighted by Gasteiger charge is 2.44. The molecule has 4 N–H and O–H groups in total. The maximum atomic E-state index is 13.0.